The summed E-state index contributed by atoms with van der Waals surface area (Å²) in [5, 5.41) is 10.1. The molecule has 3 N–H and O–H groups in total. The summed E-state index contributed by atoms with van der Waals surface area (Å²) in [6.45, 7) is -1.38. The summed E-state index contributed by atoms with van der Waals surface area (Å²) in [5.74, 6) is -1.30. The maximum Gasteiger partial charge on any atom is 0.387 e. The van der Waals surface area contributed by atoms with Gasteiger partial charge in [-0.1, -0.05) is 6.07 Å². The topological polar surface area (TPSA) is 106 Å². The van der Waals surface area contributed by atoms with Crippen LogP contribution in [-0.4, -0.2) is 49.5 Å². The molecule has 1 saturated carbocycles. The number of nitrogens with two attached hydrogens (primary N) is 1. The smallest absolute Gasteiger partial charge is 0.387 e. The molecule has 7 rings (SSSR count). The van der Waals surface area contributed by atoms with Crippen LogP contribution in [0.2, 0.25) is 0 Å². The zero-order chi connectivity index (χ0) is 28.1. The van der Waals surface area contributed by atoms with Crippen molar-refractivity contribution >= 4 is 11.6 Å². The van der Waals surface area contributed by atoms with Gasteiger partial charge in [0.1, 0.15) is 17.2 Å². The fourth-order valence-corrected chi connectivity index (χ4v) is 6.94. The molecule has 1 amide bonds. The zero-order valence-electron chi connectivity index (χ0n) is 21.7. The number of carbonyl (C=O) groups is 1. The number of ether oxygens (including phenoxy) is 1. The molecular formula is C29H26F3N5O3. The maximum absolute atomic E-state index is 15.2. The van der Waals surface area contributed by atoms with E-state index in [1.165, 1.54) is 18.2 Å². The van der Waals surface area contributed by atoms with Gasteiger partial charge in [-0.05, 0) is 56.5 Å². The lowest BCUT2D eigenvalue weighted by Gasteiger charge is -2.48. The number of amides is 1. The van der Waals surface area contributed by atoms with Gasteiger partial charge in [0.15, 0.2) is 0 Å². The van der Waals surface area contributed by atoms with Gasteiger partial charge in [-0.25, -0.2) is 9.37 Å². The van der Waals surface area contributed by atoms with E-state index in [0.717, 1.165) is 5.69 Å². The highest BCUT2D eigenvalue weighted by Crippen LogP contribution is 2.52. The third kappa shape index (κ3) is 3.57. The molecule has 2 unspecified atom stereocenters. The van der Waals surface area contributed by atoms with Crippen molar-refractivity contribution in [1.82, 2.24) is 19.3 Å². The van der Waals surface area contributed by atoms with Crippen molar-refractivity contribution in [2.24, 2.45) is 5.73 Å². The Bertz CT molecular complexity index is 1710. The predicted octanol–water partition coefficient (Wildman–Crippen LogP) is 4.50. The highest BCUT2D eigenvalue weighted by Gasteiger charge is 2.52. The highest BCUT2D eigenvalue weighted by atomic mass is 19.3. The number of pyridine rings is 2. The molecule has 11 heteroatoms. The molecule has 3 aromatic heterocycles. The lowest BCUT2D eigenvalue weighted by atomic mass is 9.64. The van der Waals surface area contributed by atoms with Crippen LogP contribution in [0.4, 0.5) is 13.2 Å². The van der Waals surface area contributed by atoms with Crippen LogP contribution in [-0.2, 0) is 5.54 Å². The van der Waals surface area contributed by atoms with Gasteiger partial charge in [0.2, 0.25) is 0 Å². The van der Waals surface area contributed by atoms with E-state index in [9.17, 15) is 18.7 Å². The average molecular weight is 550 g/mol. The summed E-state index contributed by atoms with van der Waals surface area (Å²) < 4.78 is 48.7. The first kappa shape index (κ1) is 25.0. The van der Waals surface area contributed by atoms with Crippen molar-refractivity contribution in [2.45, 2.75) is 55.9 Å². The molecule has 0 saturated heterocycles. The molecule has 2 bridgehead atoms. The monoisotopic (exact) mass is 549 g/mol. The summed E-state index contributed by atoms with van der Waals surface area (Å²) in [7, 11) is 1.69. The molecule has 1 fully saturated rings. The quantitative estimate of drug-likeness (QED) is 0.389. The van der Waals surface area contributed by atoms with E-state index in [4.69, 9.17) is 15.5 Å². The maximum atomic E-state index is 15.2. The number of halogens is 3. The molecule has 4 heterocycles. The molecule has 4 aromatic rings. The average Bonchev–Trinajstić information content (AvgIpc) is 3.40. The van der Waals surface area contributed by atoms with Crippen LogP contribution in [0.15, 0.2) is 48.8 Å². The van der Waals surface area contributed by atoms with Crippen molar-refractivity contribution in [1.29, 1.82) is 0 Å². The van der Waals surface area contributed by atoms with E-state index in [1.807, 2.05) is 10.6 Å². The van der Waals surface area contributed by atoms with E-state index in [-0.39, 0.29) is 36.2 Å². The predicted molar refractivity (Wildman–Crippen MR) is 138 cm³/mol. The molecule has 0 radical (unpaired) electrons. The summed E-state index contributed by atoms with van der Waals surface area (Å²) >= 11 is 0. The Hall–Kier alpha value is -3.96. The number of rotatable bonds is 4. The van der Waals surface area contributed by atoms with Gasteiger partial charge in [0.25, 0.3) is 5.91 Å². The number of aromatic nitrogens is 3. The minimum absolute atomic E-state index is 0.0357. The Kier molecular flexibility index (Phi) is 5.18. The number of carbonyl (C=O) groups excluding carboxylic acids is 1. The highest BCUT2D eigenvalue weighted by molar-refractivity contribution is 5.98. The molecule has 8 nitrogen and oxygen atoms in total. The molecular weight excluding hydrogens is 523 g/mol. The number of aliphatic hydroxyl groups is 1. The number of imidazole rings is 1. The molecule has 2 aliphatic carbocycles. The summed E-state index contributed by atoms with van der Waals surface area (Å²) in [6, 6.07) is 9.25. The molecule has 0 spiro atoms. The lowest BCUT2D eigenvalue weighted by molar-refractivity contribution is -0.0764. The molecule has 3 aliphatic rings. The Morgan fingerprint density at radius 1 is 1.20 bits per heavy atom. The lowest BCUT2D eigenvalue weighted by Crippen LogP contribution is -2.59. The van der Waals surface area contributed by atoms with Gasteiger partial charge in [0, 0.05) is 47.6 Å². The van der Waals surface area contributed by atoms with E-state index in [0.29, 0.717) is 40.0 Å². The first-order valence-corrected chi connectivity index (χ1v) is 13.0. The number of benzene rings is 1. The van der Waals surface area contributed by atoms with Crippen LogP contribution in [0.3, 0.4) is 0 Å². The summed E-state index contributed by atoms with van der Waals surface area (Å²) in [4.78, 5) is 24.0. The van der Waals surface area contributed by atoms with E-state index >= 15 is 4.39 Å². The largest absolute Gasteiger partial charge is 0.434 e. The van der Waals surface area contributed by atoms with Gasteiger partial charge in [0.05, 0.1) is 34.3 Å². The van der Waals surface area contributed by atoms with Crippen LogP contribution in [0.25, 0.3) is 16.8 Å². The van der Waals surface area contributed by atoms with Crippen molar-refractivity contribution in [3.8, 4) is 16.9 Å². The van der Waals surface area contributed by atoms with E-state index < -0.39 is 29.5 Å². The van der Waals surface area contributed by atoms with Crippen LogP contribution in [0.5, 0.6) is 5.75 Å². The van der Waals surface area contributed by atoms with Crippen molar-refractivity contribution in [3.05, 3.63) is 82.8 Å². The van der Waals surface area contributed by atoms with Crippen molar-refractivity contribution in [3.63, 3.8) is 0 Å². The third-order valence-electron chi connectivity index (χ3n) is 8.48. The normalized spacial score (nSPS) is 27.0. The molecule has 2 atom stereocenters. The Balaban J connectivity index is 1.34. The second-order valence-corrected chi connectivity index (χ2v) is 11.4. The van der Waals surface area contributed by atoms with Gasteiger partial charge in [-0.15, -0.1) is 0 Å². The Morgan fingerprint density at radius 2 is 1.98 bits per heavy atom. The Labute approximate surface area is 227 Å². The van der Waals surface area contributed by atoms with Crippen LogP contribution < -0.4 is 10.5 Å². The van der Waals surface area contributed by atoms with E-state index in [1.54, 1.807) is 43.3 Å². The van der Waals surface area contributed by atoms with Crippen LogP contribution in [0.1, 0.15) is 71.1 Å². The minimum atomic E-state index is -3.04. The standard InChI is InChI=1S/C29H26F3N5O3/c1-28(39)12-29(33,13-28)25-18(30)8-15(10-34-25)14-6-7-21-35-23-19-9-17(24(23)37(21)11-14)22-16(26(38)36(19)2)4-3-5-20(22)40-27(31)32/h3-8,10-11,17,19,27,39H,9,12-13,33H2,1-2H3. The minimum Gasteiger partial charge on any atom is -0.434 e. The number of hydrogen-bond acceptors (Lipinski definition) is 6. The van der Waals surface area contributed by atoms with Gasteiger partial charge in [-0.2, -0.15) is 8.78 Å². The van der Waals surface area contributed by atoms with Crippen molar-refractivity contribution in [2.75, 3.05) is 7.05 Å². The summed E-state index contributed by atoms with van der Waals surface area (Å²) in [5.41, 5.74) is 8.47. The second-order valence-electron chi connectivity index (χ2n) is 11.4. The number of fused-ring (bicyclic) bond motifs is 9. The fraction of sp³-hybridized carbons (Fsp3) is 0.345. The number of nitrogens with zero attached hydrogens (tertiary/aromatic N) is 4. The molecule has 1 aliphatic heterocycles. The van der Waals surface area contributed by atoms with Crippen molar-refractivity contribution < 1.29 is 27.8 Å². The first-order chi connectivity index (χ1) is 19.0. The van der Waals surface area contributed by atoms with Gasteiger partial charge >= 0.3 is 6.61 Å². The van der Waals surface area contributed by atoms with Crippen LogP contribution >= 0.6 is 0 Å². The number of alkyl halides is 2. The Morgan fingerprint density at radius 3 is 2.67 bits per heavy atom. The van der Waals surface area contributed by atoms with Gasteiger partial charge in [-0.3, -0.25) is 9.78 Å². The molecule has 206 valence electrons. The van der Waals surface area contributed by atoms with Crippen LogP contribution in [0, 0.1) is 5.82 Å². The van der Waals surface area contributed by atoms with E-state index in [2.05, 4.69) is 4.98 Å². The third-order valence-corrected chi connectivity index (χ3v) is 8.48. The molecule has 40 heavy (non-hydrogen) atoms. The fourth-order valence-electron chi connectivity index (χ4n) is 6.94. The molecule has 1 aromatic carbocycles. The van der Waals surface area contributed by atoms with Gasteiger partial charge < -0.3 is 24.9 Å². The number of hydrogen-bond donors (Lipinski definition) is 2. The second kappa shape index (κ2) is 8.28. The first-order valence-electron chi connectivity index (χ1n) is 13.0. The zero-order valence-corrected chi connectivity index (χ0v) is 21.7. The SMILES string of the molecule is CN1C(=O)c2cccc(OC(F)F)c2C2CC1c1nc3ccc(-c4cnc(C5(N)CC(C)(O)C5)c(F)c4)cn3c12. The summed E-state index contributed by atoms with van der Waals surface area (Å²) in [6.07, 6.45) is 4.27.